The van der Waals surface area contributed by atoms with Crippen LogP contribution in [0.4, 0.5) is 17.1 Å². The summed E-state index contributed by atoms with van der Waals surface area (Å²) in [6.45, 7) is 3.86. The van der Waals surface area contributed by atoms with Gasteiger partial charge in [0.1, 0.15) is 11.3 Å². The fourth-order valence-corrected chi connectivity index (χ4v) is 3.84. The van der Waals surface area contributed by atoms with E-state index >= 15 is 0 Å². The average molecular weight is 465 g/mol. The third-order valence-electron chi connectivity index (χ3n) is 4.94. The number of thioether (sulfide) groups is 1. The Hall–Kier alpha value is -3.45. The zero-order chi connectivity index (χ0) is 23.8. The number of nitrogens with one attached hydrogen (secondary N) is 1. The molecule has 0 aliphatic carbocycles. The summed E-state index contributed by atoms with van der Waals surface area (Å²) < 4.78 is 10.5. The third-order valence-corrected chi connectivity index (χ3v) is 5.67. The van der Waals surface area contributed by atoms with Crippen molar-refractivity contribution in [1.82, 2.24) is 0 Å². The number of hydrogen-bond acceptors (Lipinski definition) is 6. The summed E-state index contributed by atoms with van der Waals surface area (Å²) in [6, 6.07) is 23.2. The van der Waals surface area contributed by atoms with Gasteiger partial charge in [0.15, 0.2) is 6.61 Å². The molecule has 0 heterocycles. The molecule has 0 saturated heterocycles. The highest BCUT2D eigenvalue weighted by Crippen LogP contribution is 2.29. The van der Waals surface area contributed by atoms with Gasteiger partial charge in [-0.1, -0.05) is 18.2 Å². The van der Waals surface area contributed by atoms with Crippen molar-refractivity contribution in [1.29, 1.82) is 0 Å². The predicted octanol–water partition coefficient (Wildman–Crippen LogP) is 5.76. The Bertz CT molecular complexity index is 1090. The van der Waals surface area contributed by atoms with Crippen LogP contribution in [0.3, 0.4) is 0 Å². The number of amides is 1. The quantitative estimate of drug-likeness (QED) is 0.321. The fraction of sp³-hybridized carbons (Fsp3) is 0.231. The molecule has 0 aliphatic heterocycles. The molecule has 0 aliphatic rings. The maximum atomic E-state index is 12.4. The van der Waals surface area contributed by atoms with Crippen LogP contribution in [0.1, 0.15) is 24.2 Å². The SMILES string of the molecule is COc1cc(SC)ccc1C(=O)OCC(=O)Nc1ccc(N(c2ccccc2)C(C)C)cc1. The van der Waals surface area contributed by atoms with Crippen LogP contribution in [0.2, 0.25) is 0 Å². The number of carbonyl (C=O) groups excluding carboxylic acids is 2. The van der Waals surface area contributed by atoms with Crippen molar-refractivity contribution in [2.75, 3.05) is 30.2 Å². The maximum Gasteiger partial charge on any atom is 0.342 e. The standard InChI is InChI=1S/C26H28N2O4S/c1-18(2)28(20-8-6-5-7-9-20)21-12-10-19(11-13-21)27-25(29)17-32-26(30)23-15-14-22(33-4)16-24(23)31-3/h5-16,18H,17H2,1-4H3,(H,27,29). The maximum absolute atomic E-state index is 12.4. The zero-order valence-corrected chi connectivity index (χ0v) is 20.0. The fourth-order valence-electron chi connectivity index (χ4n) is 3.41. The number of para-hydroxylation sites is 1. The molecule has 3 aromatic rings. The van der Waals surface area contributed by atoms with Gasteiger partial charge in [0.2, 0.25) is 0 Å². The van der Waals surface area contributed by atoms with Crippen molar-refractivity contribution >= 4 is 40.7 Å². The summed E-state index contributed by atoms with van der Waals surface area (Å²) in [4.78, 5) is 27.9. The molecule has 33 heavy (non-hydrogen) atoms. The van der Waals surface area contributed by atoms with Gasteiger partial charge < -0.3 is 19.7 Å². The van der Waals surface area contributed by atoms with Crippen molar-refractivity contribution in [2.24, 2.45) is 0 Å². The van der Waals surface area contributed by atoms with Gasteiger partial charge in [-0.25, -0.2) is 4.79 Å². The first kappa shape index (κ1) is 24.2. The number of carbonyl (C=O) groups is 2. The Morgan fingerprint density at radius 2 is 1.64 bits per heavy atom. The van der Waals surface area contributed by atoms with Crippen molar-refractivity contribution in [3.8, 4) is 5.75 Å². The van der Waals surface area contributed by atoms with Gasteiger partial charge in [0.05, 0.1) is 7.11 Å². The molecule has 172 valence electrons. The van der Waals surface area contributed by atoms with E-state index in [2.05, 4.69) is 36.2 Å². The first-order chi connectivity index (χ1) is 15.9. The number of methoxy groups -OCH3 is 1. The summed E-state index contributed by atoms with van der Waals surface area (Å²) in [5.41, 5.74) is 3.01. The van der Waals surface area contributed by atoms with Gasteiger partial charge >= 0.3 is 5.97 Å². The second kappa shape index (κ2) is 11.4. The molecular formula is C26H28N2O4S. The molecule has 0 unspecified atom stereocenters. The molecule has 3 aromatic carbocycles. The van der Waals surface area contributed by atoms with E-state index in [1.165, 1.54) is 7.11 Å². The Morgan fingerprint density at radius 3 is 2.24 bits per heavy atom. The van der Waals surface area contributed by atoms with Crippen LogP contribution in [0, 0.1) is 0 Å². The summed E-state index contributed by atoms with van der Waals surface area (Å²) >= 11 is 1.54. The smallest absolute Gasteiger partial charge is 0.342 e. The lowest BCUT2D eigenvalue weighted by Gasteiger charge is -2.29. The Labute approximate surface area is 198 Å². The van der Waals surface area contributed by atoms with Crippen molar-refractivity contribution in [2.45, 2.75) is 24.8 Å². The van der Waals surface area contributed by atoms with Crippen LogP contribution in [0.5, 0.6) is 5.75 Å². The molecule has 3 rings (SSSR count). The van der Waals surface area contributed by atoms with E-state index in [1.54, 1.807) is 30.0 Å². The summed E-state index contributed by atoms with van der Waals surface area (Å²) in [5, 5.41) is 2.76. The number of esters is 1. The Morgan fingerprint density at radius 1 is 0.970 bits per heavy atom. The number of nitrogens with zero attached hydrogens (tertiary/aromatic N) is 1. The molecule has 0 aromatic heterocycles. The molecule has 0 saturated carbocycles. The van der Waals surface area contributed by atoms with Gasteiger partial charge in [-0.2, -0.15) is 0 Å². The lowest BCUT2D eigenvalue weighted by molar-refractivity contribution is -0.119. The molecule has 0 radical (unpaired) electrons. The van der Waals surface area contributed by atoms with Gasteiger partial charge in [-0.3, -0.25) is 4.79 Å². The van der Waals surface area contributed by atoms with E-state index < -0.39 is 18.5 Å². The van der Waals surface area contributed by atoms with Gasteiger partial charge in [0, 0.05) is 28.0 Å². The predicted molar refractivity (Wildman–Crippen MR) is 134 cm³/mol. The van der Waals surface area contributed by atoms with E-state index in [0.29, 0.717) is 11.4 Å². The van der Waals surface area contributed by atoms with Crippen LogP contribution in [-0.2, 0) is 9.53 Å². The van der Waals surface area contributed by atoms with Crippen LogP contribution in [-0.4, -0.2) is 37.9 Å². The highest BCUT2D eigenvalue weighted by Gasteiger charge is 2.17. The normalized spacial score (nSPS) is 10.6. The largest absolute Gasteiger partial charge is 0.496 e. The summed E-state index contributed by atoms with van der Waals surface area (Å²) in [5.74, 6) is -0.615. The highest BCUT2D eigenvalue weighted by atomic mass is 32.2. The molecule has 0 spiro atoms. The molecule has 6 nitrogen and oxygen atoms in total. The van der Waals surface area contributed by atoms with E-state index in [1.807, 2.05) is 48.7 Å². The van der Waals surface area contributed by atoms with Crippen LogP contribution >= 0.6 is 11.8 Å². The van der Waals surface area contributed by atoms with E-state index in [4.69, 9.17) is 9.47 Å². The van der Waals surface area contributed by atoms with Crippen LogP contribution < -0.4 is 15.0 Å². The number of anilines is 3. The van der Waals surface area contributed by atoms with E-state index in [-0.39, 0.29) is 11.6 Å². The first-order valence-electron chi connectivity index (χ1n) is 10.6. The molecule has 0 atom stereocenters. The summed E-state index contributed by atoms with van der Waals surface area (Å²) in [7, 11) is 1.49. The molecule has 7 heteroatoms. The third kappa shape index (κ3) is 6.29. The molecular weight excluding hydrogens is 436 g/mol. The Balaban J connectivity index is 1.60. The minimum Gasteiger partial charge on any atom is -0.496 e. The van der Waals surface area contributed by atoms with Crippen molar-refractivity contribution in [3.05, 3.63) is 78.4 Å². The first-order valence-corrected chi connectivity index (χ1v) is 11.8. The average Bonchev–Trinajstić information content (AvgIpc) is 2.83. The van der Waals surface area contributed by atoms with Crippen LogP contribution in [0.25, 0.3) is 0 Å². The van der Waals surface area contributed by atoms with Crippen molar-refractivity contribution in [3.63, 3.8) is 0 Å². The molecule has 0 bridgehead atoms. The molecule has 0 fully saturated rings. The van der Waals surface area contributed by atoms with E-state index in [9.17, 15) is 9.59 Å². The summed E-state index contributed by atoms with van der Waals surface area (Å²) in [6.07, 6.45) is 1.94. The number of benzene rings is 3. The minimum atomic E-state index is -0.611. The number of hydrogen-bond donors (Lipinski definition) is 1. The van der Waals surface area contributed by atoms with Gasteiger partial charge in [0.25, 0.3) is 5.91 Å². The lowest BCUT2D eigenvalue weighted by atomic mass is 10.2. The number of rotatable bonds is 9. The topological polar surface area (TPSA) is 67.9 Å². The molecule has 1 amide bonds. The number of ether oxygens (including phenoxy) is 2. The lowest BCUT2D eigenvalue weighted by Crippen LogP contribution is -2.25. The second-order valence-electron chi connectivity index (χ2n) is 7.54. The van der Waals surface area contributed by atoms with Gasteiger partial charge in [-0.15, -0.1) is 11.8 Å². The van der Waals surface area contributed by atoms with Crippen LogP contribution in [0.15, 0.2) is 77.7 Å². The van der Waals surface area contributed by atoms with Crippen molar-refractivity contribution < 1.29 is 19.1 Å². The monoisotopic (exact) mass is 464 g/mol. The molecule has 1 N–H and O–H groups in total. The van der Waals surface area contributed by atoms with Gasteiger partial charge in [-0.05, 0) is 74.7 Å². The minimum absolute atomic E-state index is 0.259. The zero-order valence-electron chi connectivity index (χ0n) is 19.2. The highest BCUT2D eigenvalue weighted by molar-refractivity contribution is 7.98. The second-order valence-corrected chi connectivity index (χ2v) is 8.42. The Kier molecular flexibility index (Phi) is 8.38. The van der Waals surface area contributed by atoms with E-state index in [0.717, 1.165) is 16.3 Å².